The lowest BCUT2D eigenvalue weighted by molar-refractivity contribution is -0.0240. The van der Waals surface area contributed by atoms with E-state index in [0.29, 0.717) is 0 Å². The lowest BCUT2D eigenvalue weighted by Gasteiger charge is -2.38. The fourth-order valence-electron chi connectivity index (χ4n) is 5.06. The predicted octanol–water partition coefficient (Wildman–Crippen LogP) is 9.10. The van der Waals surface area contributed by atoms with Crippen LogP contribution in [0.5, 0.6) is 0 Å². The topological polar surface area (TPSA) is 18.5 Å². The highest BCUT2D eigenvalue weighted by Gasteiger charge is 2.39. The molecule has 2 heteroatoms. The molecule has 0 N–H and O–H groups in total. The van der Waals surface area contributed by atoms with Gasteiger partial charge in [-0.2, -0.15) is 0 Å². The number of methoxy groups -OCH3 is 1. The van der Waals surface area contributed by atoms with Crippen molar-refractivity contribution in [2.45, 2.75) is 76.4 Å². The van der Waals surface area contributed by atoms with Gasteiger partial charge in [-0.05, 0) is 49.3 Å². The van der Waals surface area contributed by atoms with Crippen LogP contribution in [0.15, 0.2) is 103 Å². The zero-order valence-electron chi connectivity index (χ0n) is 23.3. The molecule has 0 heterocycles. The number of benzene rings is 3. The molecule has 0 fully saturated rings. The summed E-state index contributed by atoms with van der Waals surface area (Å²) in [6, 6.07) is 31.4. The van der Waals surface area contributed by atoms with E-state index in [2.05, 4.69) is 91.7 Å². The van der Waals surface area contributed by atoms with Crippen LogP contribution in [0.2, 0.25) is 0 Å². The summed E-state index contributed by atoms with van der Waals surface area (Å²) >= 11 is 0. The van der Waals surface area contributed by atoms with E-state index in [9.17, 15) is 0 Å². The molecular formula is C36H44O2. The second-order valence-electron chi connectivity index (χ2n) is 10.1. The highest BCUT2D eigenvalue weighted by atomic mass is 16.5. The number of rotatable bonds is 17. The minimum absolute atomic E-state index is 0.280. The minimum Gasteiger partial charge on any atom is -0.381 e. The van der Waals surface area contributed by atoms with Crippen LogP contribution in [-0.4, -0.2) is 19.8 Å². The van der Waals surface area contributed by atoms with E-state index in [-0.39, 0.29) is 6.10 Å². The van der Waals surface area contributed by atoms with Gasteiger partial charge in [0.05, 0.1) is 6.61 Å². The standard InChI is InChI=1S/C36H44O2/c1-4-35(28-20-9-7-5-6-8-13-21-31(2)29-30-37-3)38-36(32-22-14-10-15-23-32,33-24-16-11-17-25-33)34-26-18-12-19-27-34/h1,10-12,14-19,22-27,29,35H,5-9,13,20-21,28,30H2,2-3H3/b31-29+. The first kappa shape index (κ1) is 29.4. The Morgan fingerprint density at radius 2 is 1.18 bits per heavy atom. The maximum Gasteiger partial charge on any atom is 0.145 e. The molecule has 0 radical (unpaired) electrons. The third-order valence-corrected chi connectivity index (χ3v) is 7.18. The molecule has 0 aliphatic heterocycles. The number of allylic oxidation sites excluding steroid dienone is 1. The Morgan fingerprint density at radius 3 is 1.63 bits per heavy atom. The third kappa shape index (κ3) is 8.73. The molecule has 1 unspecified atom stereocenters. The Balaban J connectivity index is 1.60. The van der Waals surface area contributed by atoms with Crippen molar-refractivity contribution in [1.82, 2.24) is 0 Å². The second kappa shape index (κ2) is 16.7. The van der Waals surface area contributed by atoms with E-state index in [1.807, 2.05) is 18.2 Å². The molecule has 0 spiro atoms. The average Bonchev–Trinajstić information content (AvgIpc) is 2.98. The molecule has 0 bridgehead atoms. The van der Waals surface area contributed by atoms with Crippen molar-refractivity contribution in [1.29, 1.82) is 0 Å². The van der Waals surface area contributed by atoms with Gasteiger partial charge in [0.25, 0.3) is 0 Å². The molecule has 0 amide bonds. The number of unbranched alkanes of at least 4 members (excludes halogenated alkanes) is 6. The molecule has 3 aromatic carbocycles. The summed E-state index contributed by atoms with van der Waals surface area (Å²) in [5.74, 6) is 2.97. The van der Waals surface area contributed by atoms with Crippen LogP contribution in [0.4, 0.5) is 0 Å². The van der Waals surface area contributed by atoms with Crippen molar-refractivity contribution in [3.05, 3.63) is 119 Å². The molecular weight excluding hydrogens is 464 g/mol. The van der Waals surface area contributed by atoms with Gasteiger partial charge in [-0.1, -0.05) is 141 Å². The summed E-state index contributed by atoms with van der Waals surface area (Å²) in [5.41, 5.74) is 3.93. The van der Waals surface area contributed by atoms with Gasteiger partial charge < -0.3 is 9.47 Å². The summed E-state index contributed by atoms with van der Waals surface area (Å²) in [4.78, 5) is 0. The highest BCUT2D eigenvalue weighted by Crippen LogP contribution is 2.41. The fourth-order valence-corrected chi connectivity index (χ4v) is 5.06. The smallest absolute Gasteiger partial charge is 0.145 e. The molecule has 200 valence electrons. The molecule has 3 aromatic rings. The Morgan fingerprint density at radius 1 is 0.737 bits per heavy atom. The molecule has 38 heavy (non-hydrogen) atoms. The maximum atomic E-state index is 7.01. The quantitative estimate of drug-likeness (QED) is 0.0783. The monoisotopic (exact) mass is 508 g/mol. The lowest BCUT2D eigenvalue weighted by Crippen LogP contribution is -2.36. The van der Waals surface area contributed by atoms with Crippen LogP contribution in [-0.2, 0) is 15.1 Å². The zero-order valence-corrected chi connectivity index (χ0v) is 23.3. The van der Waals surface area contributed by atoms with Gasteiger partial charge in [-0.3, -0.25) is 0 Å². The normalized spacial score (nSPS) is 12.7. The van der Waals surface area contributed by atoms with Crippen molar-refractivity contribution in [3.63, 3.8) is 0 Å². The maximum absolute atomic E-state index is 7.01. The number of hydrogen-bond acceptors (Lipinski definition) is 2. The number of hydrogen-bond donors (Lipinski definition) is 0. The fraction of sp³-hybridized carbons (Fsp3) is 0.389. The molecule has 0 saturated carbocycles. The molecule has 3 rings (SSSR count). The summed E-state index contributed by atoms with van der Waals surface area (Å²) < 4.78 is 12.1. The first-order valence-electron chi connectivity index (χ1n) is 14.2. The van der Waals surface area contributed by atoms with Crippen LogP contribution in [0.1, 0.15) is 81.4 Å². The highest BCUT2D eigenvalue weighted by molar-refractivity contribution is 5.47. The molecule has 0 aliphatic carbocycles. The Labute approximate surface area is 231 Å². The van der Waals surface area contributed by atoms with Crippen LogP contribution in [0, 0.1) is 12.3 Å². The number of terminal acetylenes is 1. The van der Waals surface area contributed by atoms with Gasteiger partial charge in [-0.15, -0.1) is 6.42 Å². The van der Waals surface area contributed by atoms with Gasteiger partial charge >= 0.3 is 0 Å². The Kier molecular flexibility index (Phi) is 12.9. The Bertz CT molecular complexity index is 1000. The zero-order chi connectivity index (χ0) is 26.9. The SMILES string of the molecule is C#CC(CCCCCCCCC/C(C)=C/COC)OC(c1ccccc1)(c1ccccc1)c1ccccc1. The van der Waals surface area contributed by atoms with E-state index in [1.165, 1.54) is 50.5 Å². The summed E-state index contributed by atoms with van der Waals surface area (Å²) in [5, 5.41) is 0. The van der Waals surface area contributed by atoms with E-state index in [4.69, 9.17) is 15.9 Å². The number of ether oxygens (including phenoxy) is 2. The van der Waals surface area contributed by atoms with E-state index in [0.717, 1.165) is 36.1 Å². The Hall–Kier alpha value is -3.12. The van der Waals surface area contributed by atoms with Gasteiger partial charge in [0.15, 0.2) is 0 Å². The first-order valence-corrected chi connectivity index (χ1v) is 14.2. The predicted molar refractivity (Wildman–Crippen MR) is 160 cm³/mol. The molecule has 1 atom stereocenters. The van der Waals surface area contributed by atoms with Crippen molar-refractivity contribution in [3.8, 4) is 12.3 Å². The molecule has 0 aliphatic rings. The lowest BCUT2D eigenvalue weighted by atomic mass is 9.79. The average molecular weight is 509 g/mol. The van der Waals surface area contributed by atoms with Crippen LogP contribution < -0.4 is 0 Å². The second-order valence-corrected chi connectivity index (χ2v) is 10.1. The molecule has 0 saturated heterocycles. The van der Waals surface area contributed by atoms with Gasteiger partial charge in [0.1, 0.15) is 11.7 Å². The summed E-state index contributed by atoms with van der Waals surface area (Å²) in [7, 11) is 1.74. The van der Waals surface area contributed by atoms with Crippen molar-refractivity contribution >= 4 is 0 Å². The van der Waals surface area contributed by atoms with Gasteiger partial charge in [0, 0.05) is 7.11 Å². The van der Waals surface area contributed by atoms with Crippen LogP contribution in [0.3, 0.4) is 0 Å². The first-order chi connectivity index (χ1) is 18.7. The minimum atomic E-state index is -0.767. The van der Waals surface area contributed by atoms with E-state index < -0.39 is 5.60 Å². The van der Waals surface area contributed by atoms with Crippen LogP contribution >= 0.6 is 0 Å². The summed E-state index contributed by atoms with van der Waals surface area (Å²) in [6.07, 6.45) is 18.7. The van der Waals surface area contributed by atoms with Gasteiger partial charge in [0.2, 0.25) is 0 Å². The third-order valence-electron chi connectivity index (χ3n) is 7.18. The van der Waals surface area contributed by atoms with Crippen molar-refractivity contribution < 1.29 is 9.47 Å². The van der Waals surface area contributed by atoms with E-state index in [1.54, 1.807) is 7.11 Å². The summed E-state index contributed by atoms with van der Waals surface area (Å²) in [6.45, 7) is 2.92. The largest absolute Gasteiger partial charge is 0.381 e. The van der Waals surface area contributed by atoms with E-state index >= 15 is 0 Å². The molecule has 0 aromatic heterocycles. The van der Waals surface area contributed by atoms with Crippen molar-refractivity contribution in [2.24, 2.45) is 0 Å². The van der Waals surface area contributed by atoms with Gasteiger partial charge in [-0.25, -0.2) is 0 Å². The van der Waals surface area contributed by atoms with Crippen molar-refractivity contribution in [2.75, 3.05) is 13.7 Å². The molecule has 2 nitrogen and oxygen atoms in total. The van der Waals surface area contributed by atoms with Crippen LogP contribution in [0.25, 0.3) is 0 Å².